The van der Waals surface area contributed by atoms with Crippen LogP contribution < -0.4 is 5.32 Å². The Balaban J connectivity index is 2.58. The van der Waals surface area contributed by atoms with Gasteiger partial charge in [0.05, 0.1) is 6.04 Å². The molecule has 0 spiro atoms. The summed E-state index contributed by atoms with van der Waals surface area (Å²) in [6.45, 7) is 7.65. The van der Waals surface area contributed by atoms with Crippen molar-refractivity contribution in [2.45, 2.75) is 33.7 Å². The summed E-state index contributed by atoms with van der Waals surface area (Å²) in [6, 6.07) is 0.00160. The van der Waals surface area contributed by atoms with Gasteiger partial charge in [0.2, 0.25) is 5.91 Å². The highest BCUT2D eigenvalue weighted by Gasteiger charge is 2.23. The fourth-order valence-corrected chi connectivity index (χ4v) is 1.57. The first-order chi connectivity index (χ1) is 6.41. The van der Waals surface area contributed by atoms with E-state index in [1.165, 1.54) is 0 Å². The van der Waals surface area contributed by atoms with Crippen molar-refractivity contribution in [3.63, 3.8) is 0 Å². The van der Waals surface area contributed by atoms with Crippen molar-refractivity contribution in [1.82, 2.24) is 10.3 Å². The van der Waals surface area contributed by atoms with Crippen LogP contribution >= 0.6 is 11.3 Å². The van der Waals surface area contributed by atoms with Gasteiger partial charge in [0, 0.05) is 17.0 Å². The molecular weight excluding hydrogens is 196 g/mol. The SMILES string of the molecule is CC(NC(=O)C(C)(C)C)c1nccs1. The Morgan fingerprint density at radius 3 is 2.64 bits per heavy atom. The van der Waals surface area contributed by atoms with Gasteiger partial charge in [0.1, 0.15) is 5.01 Å². The summed E-state index contributed by atoms with van der Waals surface area (Å²) in [5.74, 6) is 0.0557. The van der Waals surface area contributed by atoms with Crippen LogP contribution in [0.3, 0.4) is 0 Å². The Morgan fingerprint density at radius 1 is 1.57 bits per heavy atom. The van der Waals surface area contributed by atoms with E-state index in [-0.39, 0.29) is 17.4 Å². The molecule has 1 unspecified atom stereocenters. The van der Waals surface area contributed by atoms with Gasteiger partial charge < -0.3 is 5.32 Å². The van der Waals surface area contributed by atoms with Crippen LogP contribution in [0.1, 0.15) is 38.7 Å². The highest BCUT2D eigenvalue weighted by molar-refractivity contribution is 7.09. The first kappa shape index (κ1) is 11.2. The third-order valence-corrected chi connectivity index (χ3v) is 2.81. The van der Waals surface area contributed by atoms with Crippen LogP contribution in [0.4, 0.5) is 0 Å². The lowest BCUT2D eigenvalue weighted by Crippen LogP contribution is -2.36. The fraction of sp³-hybridized carbons (Fsp3) is 0.600. The molecule has 1 amide bonds. The zero-order valence-electron chi connectivity index (χ0n) is 9.00. The summed E-state index contributed by atoms with van der Waals surface area (Å²) in [4.78, 5) is 15.8. The minimum absolute atomic E-state index is 0.00160. The number of thiazole rings is 1. The van der Waals surface area contributed by atoms with E-state index in [1.807, 2.05) is 33.1 Å². The molecule has 4 heteroatoms. The minimum atomic E-state index is -0.342. The summed E-state index contributed by atoms with van der Waals surface area (Å²) in [5.41, 5.74) is -0.342. The van der Waals surface area contributed by atoms with Crippen LogP contribution in [0.25, 0.3) is 0 Å². The van der Waals surface area contributed by atoms with Crippen LogP contribution in [-0.4, -0.2) is 10.9 Å². The van der Waals surface area contributed by atoms with Gasteiger partial charge in [0.15, 0.2) is 0 Å². The standard InChI is InChI=1S/C10H16N2OS/c1-7(8-11-5-6-14-8)12-9(13)10(2,3)4/h5-7H,1-4H3,(H,12,13). The van der Waals surface area contributed by atoms with Gasteiger partial charge in [-0.1, -0.05) is 20.8 Å². The molecule has 0 aliphatic rings. The third kappa shape index (κ3) is 2.80. The number of nitrogens with zero attached hydrogens (tertiary/aromatic N) is 1. The van der Waals surface area contributed by atoms with E-state index >= 15 is 0 Å². The van der Waals surface area contributed by atoms with Gasteiger partial charge in [0.25, 0.3) is 0 Å². The monoisotopic (exact) mass is 212 g/mol. The van der Waals surface area contributed by atoms with E-state index in [9.17, 15) is 4.79 Å². The number of carbonyl (C=O) groups is 1. The Kier molecular flexibility index (Phi) is 3.26. The van der Waals surface area contributed by atoms with E-state index in [0.717, 1.165) is 5.01 Å². The molecule has 1 rings (SSSR count). The molecule has 0 radical (unpaired) electrons. The number of aromatic nitrogens is 1. The molecule has 14 heavy (non-hydrogen) atoms. The van der Waals surface area contributed by atoms with Crippen LogP contribution in [0, 0.1) is 5.41 Å². The molecule has 0 saturated heterocycles. The van der Waals surface area contributed by atoms with Crippen molar-refractivity contribution >= 4 is 17.2 Å². The van der Waals surface area contributed by atoms with Crippen molar-refractivity contribution < 1.29 is 4.79 Å². The third-order valence-electron chi connectivity index (χ3n) is 1.85. The van der Waals surface area contributed by atoms with Gasteiger partial charge in [-0.05, 0) is 6.92 Å². The van der Waals surface area contributed by atoms with Crippen molar-refractivity contribution in [2.24, 2.45) is 5.41 Å². The minimum Gasteiger partial charge on any atom is -0.347 e. The summed E-state index contributed by atoms with van der Waals surface area (Å²) >= 11 is 1.56. The zero-order valence-corrected chi connectivity index (χ0v) is 9.81. The highest BCUT2D eigenvalue weighted by Crippen LogP contribution is 2.18. The highest BCUT2D eigenvalue weighted by atomic mass is 32.1. The van der Waals surface area contributed by atoms with E-state index < -0.39 is 0 Å². The molecule has 1 aromatic rings. The maximum atomic E-state index is 11.6. The molecule has 1 atom stereocenters. The van der Waals surface area contributed by atoms with Crippen molar-refractivity contribution in [1.29, 1.82) is 0 Å². The van der Waals surface area contributed by atoms with E-state index in [2.05, 4.69) is 10.3 Å². The number of amides is 1. The Bertz CT molecular complexity index is 300. The van der Waals surface area contributed by atoms with Gasteiger partial charge >= 0.3 is 0 Å². The zero-order chi connectivity index (χ0) is 10.8. The van der Waals surface area contributed by atoms with E-state index in [1.54, 1.807) is 17.5 Å². The van der Waals surface area contributed by atoms with Gasteiger partial charge in [-0.3, -0.25) is 4.79 Å². The number of hydrogen-bond acceptors (Lipinski definition) is 3. The molecule has 0 bridgehead atoms. The summed E-state index contributed by atoms with van der Waals surface area (Å²) in [6.07, 6.45) is 1.75. The molecular formula is C10H16N2OS. The van der Waals surface area contributed by atoms with Gasteiger partial charge in [-0.2, -0.15) is 0 Å². The average molecular weight is 212 g/mol. The molecule has 0 aromatic carbocycles. The first-order valence-corrected chi connectivity index (χ1v) is 5.49. The predicted octanol–water partition coefficient (Wildman–Crippen LogP) is 2.37. The second-order valence-corrected chi connectivity index (χ2v) is 5.24. The van der Waals surface area contributed by atoms with Gasteiger partial charge in [-0.15, -0.1) is 11.3 Å². The summed E-state index contributed by atoms with van der Waals surface area (Å²) in [5, 5.41) is 5.79. The number of nitrogens with one attached hydrogen (secondary N) is 1. The van der Waals surface area contributed by atoms with Crippen LogP contribution in [0.2, 0.25) is 0 Å². The smallest absolute Gasteiger partial charge is 0.225 e. The van der Waals surface area contributed by atoms with Crippen LogP contribution in [-0.2, 0) is 4.79 Å². The predicted molar refractivity (Wildman–Crippen MR) is 58.1 cm³/mol. The Morgan fingerprint density at radius 2 is 2.21 bits per heavy atom. The number of rotatable bonds is 2. The fourth-order valence-electron chi connectivity index (χ4n) is 0.923. The first-order valence-electron chi connectivity index (χ1n) is 4.61. The Hall–Kier alpha value is -0.900. The quantitative estimate of drug-likeness (QED) is 0.817. The summed E-state index contributed by atoms with van der Waals surface area (Å²) in [7, 11) is 0. The number of hydrogen-bond donors (Lipinski definition) is 1. The topological polar surface area (TPSA) is 42.0 Å². The maximum Gasteiger partial charge on any atom is 0.225 e. The molecule has 1 aromatic heterocycles. The molecule has 1 heterocycles. The van der Waals surface area contributed by atoms with Crippen molar-refractivity contribution in [2.75, 3.05) is 0 Å². The average Bonchev–Trinajstić information content (AvgIpc) is 2.53. The molecule has 78 valence electrons. The lowest BCUT2D eigenvalue weighted by atomic mass is 9.95. The van der Waals surface area contributed by atoms with Gasteiger partial charge in [-0.25, -0.2) is 4.98 Å². The summed E-state index contributed by atoms with van der Waals surface area (Å²) < 4.78 is 0. The molecule has 1 N–H and O–H groups in total. The maximum absolute atomic E-state index is 11.6. The lowest BCUT2D eigenvalue weighted by molar-refractivity contribution is -0.129. The second kappa shape index (κ2) is 4.09. The molecule has 3 nitrogen and oxygen atoms in total. The van der Waals surface area contributed by atoms with Crippen LogP contribution in [0.5, 0.6) is 0 Å². The van der Waals surface area contributed by atoms with E-state index in [4.69, 9.17) is 0 Å². The van der Waals surface area contributed by atoms with Crippen LogP contribution in [0.15, 0.2) is 11.6 Å². The largest absolute Gasteiger partial charge is 0.347 e. The molecule has 0 aliphatic carbocycles. The molecule has 0 fully saturated rings. The van der Waals surface area contributed by atoms with E-state index in [0.29, 0.717) is 0 Å². The molecule has 0 aliphatic heterocycles. The normalized spacial score (nSPS) is 13.7. The second-order valence-electron chi connectivity index (χ2n) is 4.32. The van der Waals surface area contributed by atoms with Crippen molar-refractivity contribution in [3.8, 4) is 0 Å². The number of carbonyl (C=O) groups excluding carboxylic acids is 1. The lowest BCUT2D eigenvalue weighted by Gasteiger charge is -2.20. The van der Waals surface area contributed by atoms with Crippen molar-refractivity contribution in [3.05, 3.63) is 16.6 Å². The molecule has 0 saturated carbocycles. The Labute approximate surface area is 88.6 Å².